The lowest BCUT2D eigenvalue weighted by Gasteiger charge is -2.18. The van der Waals surface area contributed by atoms with Crippen LogP contribution in [0.1, 0.15) is 24.2 Å². The molecule has 1 atom stereocenters. The Balaban J connectivity index is 2.26. The van der Waals surface area contributed by atoms with Crippen LogP contribution >= 0.6 is 0 Å². The van der Waals surface area contributed by atoms with Gasteiger partial charge in [-0.3, -0.25) is 4.79 Å². The molecule has 1 unspecified atom stereocenters. The number of hydrogen-bond donors (Lipinski definition) is 2. The molecule has 5 heteroatoms. The smallest absolute Gasteiger partial charge is 0.246 e. The van der Waals surface area contributed by atoms with Crippen molar-refractivity contribution in [3.05, 3.63) is 48.0 Å². The predicted molar refractivity (Wildman–Crippen MR) is 74.6 cm³/mol. The van der Waals surface area contributed by atoms with E-state index in [2.05, 4.69) is 10.3 Å². The van der Waals surface area contributed by atoms with Crippen LogP contribution in [0.3, 0.4) is 0 Å². The molecule has 1 aromatic heterocycles. The van der Waals surface area contributed by atoms with Gasteiger partial charge in [0.2, 0.25) is 5.91 Å². The van der Waals surface area contributed by atoms with Crippen LogP contribution in [0.4, 0.5) is 5.69 Å². The number of anilines is 1. The van der Waals surface area contributed by atoms with E-state index in [0.29, 0.717) is 0 Å². The highest BCUT2D eigenvalue weighted by Crippen LogP contribution is 2.19. The number of amides is 1. The zero-order valence-electron chi connectivity index (χ0n) is 11.1. The van der Waals surface area contributed by atoms with Crippen LogP contribution < -0.4 is 11.1 Å². The van der Waals surface area contributed by atoms with Crippen molar-refractivity contribution in [3.8, 4) is 0 Å². The van der Waals surface area contributed by atoms with Crippen LogP contribution in [0.5, 0.6) is 0 Å². The van der Waals surface area contributed by atoms with Gasteiger partial charge in [0.05, 0.1) is 18.2 Å². The molecule has 0 aliphatic rings. The Bertz CT molecular complexity index is 559. The van der Waals surface area contributed by atoms with Crippen molar-refractivity contribution in [3.63, 3.8) is 0 Å². The van der Waals surface area contributed by atoms with E-state index >= 15 is 0 Å². The molecule has 5 nitrogen and oxygen atoms in total. The second kappa shape index (κ2) is 5.56. The Morgan fingerprint density at radius 2 is 2.11 bits per heavy atom. The summed E-state index contributed by atoms with van der Waals surface area (Å²) in [6.45, 7) is 4.76. The maximum atomic E-state index is 11.7. The van der Waals surface area contributed by atoms with Crippen molar-refractivity contribution in [2.75, 3.05) is 5.32 Å². The molecule has 1 amide bonds. The van der Waals surface area contributed by atoms with Gasteiger partial charge in [0.1, 0.15) is 6.04 Å². The molecular weight excluding hydrogens is 240 g/mol. The van der Waals surface area contributed by atoms with Gasteiger partial charge in [0.15, 0.2) is 0 Å². The predicted octanol–water partition coefficient (Wildman–Crippen LogP) is 1.85. The lowest BCUT2D eigenvalue weighted by atomic mass is 10.1. The van der Waals surface area contributed by atoms with Crippen LogP contribution in [0.25, 0.3) is 0 Å². The highest BCUT2D eigenvalue weighted by Gasteiger charge is 2.21. The molecule has 0 spiro atoms. The fourth-order valence-electron chi connectivity index (χ4n) is 1.94. The molecule has 0 saturated carbocycles. The van der Waals surface area contributed by atoms with Crippen LogP contribution in [-0.2, 0) is 11.3 Å². The number of carbonyl (C=O) groups is 1. The molecule has 100 valence electrons. The SMILES string of the molecule is CCn1cncc1C(Nc1ccc(C)cc1)C(N)=O. The summed E-state index contributed by atoms with van der Waals surface area (Å²) < 4.78 is 1.90. The number of nitrogens with zero attached hydrogens (tertiary/aromatic N) is 2. The first-order valence-electron chi connectivity index (χ1n) is 6.24. The summed E-state index contributed by atoms with van der Waals surface area (Å²) in [7, 11) is 0. The molecule has 0 aliphatic carbocycles. The van der Waals surface area contributed by atoms with Gasteiger partial charge in [-0.25, -0.2) is 4.98 Å². The topological polar surface area (TPSA) is 72.9 Å². The number of benzene rings is 1. The second-order valence-corrected chi connectivity index (χ2v) is 4.45. The fourth-order valence-corrected chi connectivity index (χ4v) is 1.94. The highest BCUT2D eigenvalue weighted by atomic mass is 16.1. The minimum Gasteiger partial charge on any atom is -0.369 e. The Morgan fingerprint density at radius 3 is 2.68 bits per heavy atom. The summed E-state index contributed by atoms with van der Waals surface area (Å²) in [5.74, 6) is -0.421. The monoisotopic (exact) mass is 258 g/mol. The maximum Gasteiger partial charge on any atom is 0.246 e. The molecule has 0 saturated heterocycles. The Morgan fingerprint density at radius 1 is 1.42 bits per heavy atom. The average Bonchev–Trinajstić information content (AvgIpc) is 2.85. The first-order valence-corrected chi connectivity index (χ1v) is 6.24. The molecule has 0 bridgehead atoms. The van der Waals surface area contributed by atoms with Gasteiger partial charge in [-0.2, -0.15) is 0 Å². The van der Waals surface area contributed by atoms with Gasteiger partial charge < -0.3 is 15.6 Å². The molecule has 3 N–H and O–H groups in total. The number of nitrogens with one attached hydrogen (secondary N) is 1. The number of carbonyl (C=O) groups excluding carboxylic acids is 1. The Kier molecular flexibility index (Phi) is 3.85. The largest absolute Gasteiger partial charge is 0.369 e. The number of nitrogens with two attached hydrogens (primary N) is 1. The third kappa shape index (κ3) is 2.93. The van der Waals surface area contributed by atoms with E-state index in [1.165, 1.54) is 5.56 Å². The van der Waals surface area contributed by atoms with E-state index in [4.69, 9.17) is 5.73 Å². The lowest BCUT2D eigenvalue weighted by Crippen LogP contribution is -2.29. The van der Waals surface area contributed by atoms with E-state index in [1.807, 2.05) is 42.7 Å². The minimum absolute atomic E-state index is 0.421. The van der Waals surface area contributed by atoms with E-state index < -0.39 is 11.9 Å². The minimum atomic E-state index is -0.579. The van der Waals surface area contributed by atoms with E-state index in [9.17, 15) is 4.79 Å². The molecule has 1 aromatic carbocycles. The average molecular weight is 258 g/mol. The third-order valence-corrected chi connectivity index (χ3v) is 3.03. The van der Waals surface area contributed by atoms with Crippen molar-refractivity contribution in [2.45, 2.75) is 26.4 Å². The van der Waals surface area contributed by atoms with E-state index in [1.54, 1.807) is 12.5 Å². The van der Waals surface area contributed by atoms with E-state index in [-0.39, 0.29) is 0 Å². The van der Waals surface area contributed by atoms with Crippen molar-refractivity contribution in [2.24, 2.45) is 5.73 Å². The van der Waals surface area contributed by atoms with Crippen LogP contribution in [-0.4, -0.2) is 15.5 Å². The lowest BCUT2D eigenvalue weighted by molar-refractivity contribution is -0.119. The molecule has 0 aliphatic heterocycles. The van der Waals surface area contributed by atoms with Gasteiger partial charge in [-0.1, -0.05) is 17.7 Å². The number of imidazole rings is 1. The number of primary amides is 1. The molecule has 0 radical (unpaired) electrons. The van der Waals surface area contributed by atoms with Crippen LogP contribution in [0, 0.1) is 6.92 Å². The van der Waals surface area contributed by atoms with Gasteiger partial charge in [0, 0.05) is 12.2 Å². The zero-order valence-corrected chi connectivity index (χ0v) is 11.1. The quantitative estimate of drug-likeness (QED) is 0.859. The van der Waals surface area contributed by atoms with Crippen LogP contribution in [0.15, 0.2) is 36.8 Å². The maximum absolute atomic E-state index is 11.7. The summed E-state index contributed by atoms with van der Waals surface area (Å²) in [6, 6.07) is 7.25. The molecule has 1 heterocycles. The van der Waals surface area contributed by atoms with Crippen molar-refractivity contribution < 1.29 is 4.79 Å². The number of rotatable bonds is 5. The standard InChI is InChI=1S/C14H18N4O/c1-3-18-9-16-8-12(18)13(14(15)19)17-11-6-4-10(2)5-7-11/h4-9,13,17H,3H2,1-2H3,(H2,15,19). The second-order valence-electron chi connectivity index (χ2n) is 4.45. The van der Waals surface area contributed by atoms with Gasteiger partial charge in [-0.15, -0.1) is 0 Å². The number of aromatic nitrogens is 2. The van der Waals surface area contributed by atoms with E-state index in [0.717, 1.165) is 17.9 Å². The summed E-state index contributed by atoms with van der Waals surface area (Å²) in [6.07, 6.45) is 3.36. The molecule has 0 fully saturated rings. The summed E-state index contributed by atoms with van der Waals surface area (Å²) in [5, 5.41) is 3.15. The number of hydrogen-bond acceptors (Lipinski definition) is 3. The Hall–Kier alpha value is -2.30. The van der Waals surface area contributed by atoms with Gasteiger partial charge >= 0.3 is 0 Å². The highest BCUT2D eigenvalue weighted by molar-refractivity contribution is 5.84. The summed E-state index contributed by atoms with van der Waals surface area (Å²) in [5.41, 5.74) is 8.29. The number of aryl methyl sites for hydroxylation is 2. The van der Waals surface area contributed by atoms with Crippen molar-refractivity contribution in [1.82, 2.24) is 9.55 Å². The fraction of sp³-hybridized carbons (Fsp3) is 0.286. The molecular formula is C14H18N4O. The van der Waals surface area contributed by atoms with Gasteiger partial charge in [0.25, 0.3) is 0 Å². The third-order valence-electron chi connectivity index (χ3n) is 3.03. The summed E-state index contributed by atoms with van der Waals surface area (Å²) in [4.78, 5) is 15.7. The van der Waals surface area contributed by atoms with Crippen molar-refractivity contribution >= 4 is 11.6 Å². The van der Waals surface area contributed by atoms with Gasteiger partial charge in [-0.05, 0) is 26.0 Å². The Labute approximate surface area is 112 Å². The van der Waals surface area contributed by atoms with Crippen LogP contribution in [0.2, 0.25) is 0 Å². The molecule has 2 aromatic rings. The van der Waals surface area contributed by atoms with Crippen molar-refractivity contribution in [1.29, 1.82) is 0 Å². The molecule has 2 rings (SSSR count). The summed E-state index contributed by atoms with van der Waals surface area (Å²) >= 11 is 0. The first-order chi connectivity index (χ1) is 9.11. The zero-order chi connectivity index (χ0) is 13.8. The first kappa shape index (κ1) is 13.1. The normalized spacial score (nSPS) is 12.1. The molecule has 19 heavy (non-hydrogen) atoms.